The molecule has 2 heterocycles. The van der Waals surface area contributed by atoms with Crippen LogP contribution in [0, 0.1) is 0 Å². The third-order valence-corrected chi connectivity index (χ3v) is 3.65. The maximum absolute atomic E-state index is 11.6. The first kappa shape index (κ1) is 15.2. The molecule has 112 valence electrons. The molecule has 7 nitrogen and oxygen atoms in total. The Hall–Kier alpha value is -2.22. The molecule has 0 aliphatic carbocycles. The summed E-state index contributed by atoms with van der Waals surface area (Å²) in [4.78, 5) is 34.4. The molecule has 0 aromatic carbocycles. The van der Waals surface area contributed by atoms with Crippen LogP contribution in [0.5, 0.6) is 0 Å². The number of hydrogen-bond donors (Lipinski definition) is 2. The highest BCUT2D eigenvalue weighted by atomic mass is 32.2. The maximum atomic E-state index is 11.6. The number of nitrogens with one attached hydrogen (secondary N) is 2. The van der Waals surface area contributed by atoms with Crippen molar-refractivity contribution in [3.05, 3.63) is 36.0 Å². The minimum absolute atomic E-state index is 0.0813. The molecule has 0 saturated heterocycles. The van der Waals surface area contributed by atoms with Gasteiger partial charge in [0.25, 0.3) is 5.91 Å². The van der Waals surface area contributed by atoms with E-state index in [0.717, 1.165) is 11.8 Å². The molecule has 0 saturated carbocycles. The standard InChI is InChI=1S/C13H14N2O5S/c1-13(2)9(6-11(17)21-13)20-7-10(16)14-15-12(18)8-4-3-5-19-8/h3-6H,7H2,1-2H3,(H,14,16)(H,15,18). The minimum atomic E-state index is -0.570. The SMILES string of the molecule is CC1(C)SC(=O)C=C1OCC(=O)NNC(=O)c1ccco1. The molecular weight excluding hydrogens is 296 g/mol. The van der Waals surface area contributed by atoms with Crippen molar-refractivity contribution in [2.75, 3.05) is 6.61 Å². The molecule has 0 bridgehead atoms. The van der Waals surface area contributed by atoms with Crippen molar-refractivity contribution >= 4 is 28.7 Å². The number of rotatable bonds is 4. The molecule has 1 aromatic heterocycles. The highest BCUT2D eigenvalue weighted by molar-refractivity contribution is 8.15. The lowest BCUT2D eigenvalue weighted by atomic mass is 10.1. The van der Waals surface area contributed by atoms with Crippen molar-refractivity contribution < 1.29 is 23.5 Å². The number of furan rings is 1. The van der Waals surface area contributed by atoms with E-state index >= 15 is 0 Å². The fourth-order valence-electron chi connectivity index (χ4n) is 1.60. The van der Waals surface area contributed by atoms with Crippen LogP contribution in [-0.4, -0.2) is 28.3 Å². The van der Waals surface area contributed by atoms with E-state index < -0.39 is 16.6 Å². The predicted octanol–water partition coefficient (Wildman–Crippen LogP) is 0.993. The number of ether oxygens (including phenoxy) is 1. The number of carbonyl (C=O) groups excluding carboxylic acids is 3. The lowest BCUT2D eigenvalue weighted by molar-refractivity contribution is -0.125. The zero-order valence-corrected chi connectivity index (χ0v) is 12.3. The average molecular weight is 310 g/mol. The molecule has 0 unspecified atom stereocenters. The summed E-state index contributed by atoms with van der Waals surface area (Å²) in [5.74, 6) is -0.599. The quantitative estimate of drug-likeness (QED) is 0.805. The first-order chi connectivity index (χ1) is 9.88. The van der Waals surface area contributed by atoms with E-state index in [2.05, 4.69) is 10.9 Å². The molecule has 1 aromatic rings. The van der Waals surface area contributed by atoms with Gasteiger partial charge in [0.1, 0.15) is 5.76 Å². The van der Waals surface area contributed by atoms with E-state index in [1.807, 2.05) is 13.8 Å². The van der Waals surface area contributed by atoms with Gasteiger partial charge in [0.05, 0.1) is 11.0 Å². The van der Waals surface area contributed by atoms with Crippen LogP contribution in [0.1, 0.15) is 24.4 Å². The molecule has 0 spiro atoms. The van der Waals surface area contributed by atoms with Crippen LogP contribution in [0.4, 0.5) is 0 Å². The molecule has 0 fully saturated rings. The van der Waals surface area contributed by atoms with Gasteiger partial charge in [0.2, 0.25) is 5.12 Å². The topological polar surface area (TPSA) is 97.6 Å². The van der Waals surface area contributed by atoms with Crippen molar-refractivity contribution in [3.8, 4) is 0 Å². The number of carbonyl (C=O) groups is 3. The summed E-state index contributed by atoms with van der Waals surface area (Å²) in [5.41, 5.74) is 4.38. The predicted molar refractivity (Wildman–Crippen MR) is 75.0 cm³/mol. The Bertz CT molecular complexity index is 592. The molecule has 21 heavy (non-hydrogen) atoms. The fraction of sp³-hybridized carbons (Fsp3) is 0.308. The van der Waals surface area contributed by atoms with Crippen molar-refractivity contribution in [3.63, 3.8) is 0 Å². The van der Waals surface area contributed by atoms with Gasteiger partial charge in [-0.1, -0.05) is 11.8 Å². The second-order valence-corrected chi connectivity index (χ2v) is 6.34. The zero-order chi connectivity index (χ0) is 15.5. The van der Waals surface area contributed by atoms with E-state index in [-0.39, 0.29) is 17.5 Å². The van der Waals surface area contributed by atoms with Crippen LogP contribution in [0.2, 0.25) is 0 Å². The molecule has 0 atom stereocenters. The van der Waals surface area contributed by atoms with Gasteiger partial charge in [-0.25, -0.2) is 0 Å². The number of amides is 2. The van der Waals surface area contributed by atoms with Crippen molar-refractivity contribution in [1.29, 1.82) is 0 Å². The Morgan fingerprint density at radius 3 is 2.71 bits per heavy atom. The molecule has 8 heteroatoms. The Morgan fingerprint density at radius 2 is 2.14 bits per heavy atom. The largest absolute Gasteiger partial charge is 0.486 e. The smallest absolute Gasteiger partial charge is 0.305 e. The van der Waals surface area contributed by atoms with Crippen molar-refractivity contribution in [2.45, 2.75) is 18.6 Å². The monoisotopic (exact) mass is 310 g/mol. The highest BCUT2D eigenvalue weighted by Gasteiger charge is 2.35. The molecule has 1 aliphatic heterocycles. The lowest BCUT2D eigenvalue weighted by Gasteiger charge is -2.20. The zero-order valence-electron chi connectivity index (χ0n) is 11.5. The molecule has 2 rings (SSSR count). The van der Waals surface area contributed by atoms with Gasteiger partial charge in [0.15, 0.2) is 12.4 Å². The Balaban J connectivity index is 1.77. The van der Waals surface area contributed by atoms with Gasteiger partial charge in [-0.3, -0.25) is 25.2 Å². The minimum Gasteiger partial charge on any atom is -0.486 e. The van der Waals surface area contributed by atoms with Crippen LogP contribution in [0.15, 0.2) is 34.6 Å². The second kappa shape index (κ2) is 6.04. The van der Waals surface area contributed by atoms with Crippen LogP contribution < -0.4 is 10.9 Å². The second-order valence-electron chi connectivity index (χ2n) is 4.71. The maximum Gasteiger partial charge on any atom is 0.305 e. The third kappa shape index (κ3) is 3.88. The van der Waals surface area contributed by atoms with E-state index in [9.17, 15) is 14.4 Å². The van der Waals surface area contributed by atoms with Crippen LogP contribution in [0.3, 0.4) is 0 Å². The summed E-state index contributed by atoms with van der Waals surface area (Å²) in [6, 6.07) is 3.02. The molecular formula is C13H14N2O5S. The van der Waals surface area contributed by atoms with Crippen LogP contribution in [0.25, 0.3) is 0 Å². The average Bonchev–Trinajstić information content (AvgIpc) is 3.01. The van der Waals surface area contributed by atoms with Gasteiger partial charge in [-0.05, 0) is 26.0 Å². The molecule has 0 radical (unpaired) electrons. The van der Waals surface area contributed by atoms with Gasteiger partial charge < -0.3 is 9.15 Å². The third-order valence-electron chi connectivity index (χ3n) is 2.62. The fourth-order valence-corrected chi connectivity index (χ4v) is 2.49. The van der Waals surface area contributed by atoms with Crippen LogP contribution >= 0.6 is 11.8 Å². The summed E-state index contributed by atoms with van der Waals surface area (Å²) in [7, 11) is 0. The first-order valence-electron chi connectivity index (χ1n) is 6.09. The van der Waals surface area contributed by atoms with E-state index in [1.54, 1.807) is 6.07 Å². The van der Waals surface area contributed by atoms with Crippen molar-refractivity contribution in [1.82, 2.24) is 10.9 Å². The summed E-state index contributed by atoms with van der Waals surface area (Å²) in [5, 5.41) is -0.110. The summed E-state index contributed by atoms with van der Waals surface area (Å²) >= 11 is 1.13. The van der Waals surface area contributed by atoms with E-state index in [1.165, 1.54) is 18.4 Å². The van der Waals surface area contributed by atoms with Crippen molar-refractivity contribution in [2.24, 2.45) is 0 Å². The van der Waals surface area contributed by atoms with Gasteiger partial charge >= 0.3 is 5.91 Å². The van der Waals surface area contributed by atoms with Gasteiger partial charge in [-0.15, -0.1) is 0 Å². The van der Waals surface area contributed by atoms with Gasteiger partial charge in [-0.2, -0.15) is 0 Å². The lowest BCUT2D eigenvalue weighted by Crippen LogP contribution is -2.43. The molecule has 2 N–H and O–H groups in total. The number of hydrazine groups is 1. The summed E-state index contributed by atoms with van der Waals surface area (Å²) in [6.45, 7) is 3.34. The number of hydrogen-bond acceptors (Lipinski definition) is 6. The molecule has 2 amide bonds. The first-order valence-corrected chi connectivity index (χ1v) is 6.91. The molecule has 1 aliphatic rings. The van der Waals surface area contributed by atoms with Gasteiger partial charge in [0, 0.05) is 6.08 Å². The van der Waals surface area contributed by atoms with E-state index in [0.29, 0.717) is 5.76 Å². The Labute approximate surface area is 125 Å². The Kier molecular flexibility index (Phi) is 4.37. The highest BCUT2D eigenvalue weighted by Crippen LogP contribution is 2.39. The summed E-state index contributed by atoms with van der Waals surface area (Å²) in [6.07, 6.45) is 2.71. The number of thioether (sulfide) groups is 1. The van der Waals surface area contributed by atoms with E-state index in [4.69, 9.17) is 9.15 Å². The summed E-state index contributed by atoms with van der Waals surface area (Å²) < 4.78 is 9.68. The Morgan fingerprint density at radius 1 is 1.38 bits per heavy atom. The normalized spacial score (nSPS) is 16.3. The van der Waals surface area contributed by atoms with Crippen LogP contribution in [-0.2, 0) is 14.3 Å².